The molecule has 1 heterocycles. The lowest BCUT2D eigenvalue weighted by molar-refractivity contribution is -0.146. The van der Waals surface area contributed by atoms with Gasteiger partial charge in [0, 0.05) is 16.0 Å². The minimum atomic E-state index is -0.631. The number of benzene rings is 3. The van der Waals surface area contributed by atoms with Crippen LogP contribution in [0.5, 0.6) is 0 Å². The Morgan fingerprint density at radius 3 is 2.66 bits per heavy atom. The molecule has 3 aromatic carbocycles. The van der Waals surface area contributed by atoms with E-state index in [2.05, 4.69) is 5.32 Å². The first-order valence-electron chi connectivity index (χ1n) is 9.07. The third-order valence-corrected chi connectivity index (χ3v) is 5.57. The molecule has 0 atom stereocenters. The number of ether oxygens (including phenoxy) is 1. The van der Waals surface area contributed by atoms with Crippen molar-refractivity contribution in [2.24, 2.45) is 0 Å². The average molecular weight is 406 g/mol. The number of amides is 2. The Kier molecular flexibility index (Phi) is 5.48. The second-order valence-corrected chi connectivity index (χ2v) is 7.49. The number of esters is 1. The maximum atomic E-state index is 12.2. The van der Waals surface area contributed by atoms with Gasteiger partial charge in [-0.05, 0) is 23.6 Å². The van der Waals surface area contributed by atoms with Crippen molar-refractivity contribution >= 4 is 51.7 Å². The van der Waals surface area contributed by atoms with Crippen molar-refractivity contribution in [2.45, 2.75) is 4.90 Å². The van der Waals surface area contributed by atoms with Crippen molar-refractivity contribution in [2.75, 3.05) is 29.1 Å². The van der Waals surface area contributed by atoms with E-state index in [9.17, 15) is 14.4 Å². The zero-order valence-electron chi connectivity index (χ0n) is 15.5. The van der Waals surface area contributed by atoms with E-state index in [0.29, 0.717) is 11.4 Å². The maximum Gasteiger partial charge on any atom is 0.326 e. The van der Waals surface area contributed by atoms with Gasteiger partial charge in [0.2, 0.25) is 5.91 Å². The summed E-state index contributed by atoms with van der Waals surface area (Å²) in [5, 5.41) is 4.68. The van der Waals surface area contributed by atoms with Crippen LogP contribution >= 0.6 is 11.8 Å². The number of para-hydroxylation sites is 1. The van der Waals surface area contributed by atoms with Gasteiger partial charge in [0.15, 0.2) is 6.61 Å². The highest BCUT2D eigenvalue weighted by atomic mass is 32.2. The molecule has 1 aliphatic heterocycles. The van der Waals surface area contributed by atoms with E-state index in [1.54, 1.807) is 12.1 Å². The van der Waals surface area contributed by atoms with Crippen LogP contribution in [-0.4, -0.2) is 36.7 Å². The monoisotopic (exact) mass is 406 g/mol. The molecule has 29 heavy (non-hydrogen) atoms. The number of thioether (sulfide) groups is 1. The lowest BCUT2D eigenvalue weighted by atomic mass is 10.1. The molecule has 2 amide bonds. The van der Waals surface area contributed by atoms with Crippen molar-refractivity contribution in [1.82, 2.24) is 0 Å². The molecule has 0 aliphatic carbocycles. The molecule has 0 fully saturated rings. The summed E-state index contributed by atoms with van der Waals surface area (Å²) in [7, 11) is 0. The number of hydrogen-bond donors (Lipinski definition) is 1. The van der Waals surface area contributed by atoms with E-state index in [1.165, 1.54) is 16.7 Å². The van der Waals surface area contributed by atoms with Gasteiger partial charge in [0.05, 0.1) is 11.4 Å². The molecule has 6 nitrogen and oxygen atoms in total. The number of anilines is 2. The Hall–Kier alpha value is -3.32. The molecule has 1 N–H and O–H groups in total. The SMILES string of the molecule is O=C(COC(=O)CN1C(=O)CSc2ccccc21)Nc1cccc2ccccc12. The maximum absolute atomic E-state index is 12.2. The van der Waals surface area contributed by atoms with E-state index in [1.807, 2.05) is 54.6 Å². The van der Waals surface area contributed by atoms with Crippen LogP contribution in [0.2, 0.25) is 0 Å². The fraction of sp³-hybridized carbons (Fsp3) is 0.136. The van der Waals surface area contributed by atoms with E-state index < -0.39 is 18.5 Å². The first kappa shape index (κ1) is 19.0. The molecule has 3 aromatic rings. The molecule has 4 rings (SSSR count). The van der Waals surface area contributed by atoms with Gasteiger partial charge in [0.25, 0.3) is 5.91 Å². The minimum absolute atomic E-state index is 0.161. The van der Waals surface area contributed by atoms with E-state index in [-0.39, 0.29) is 18.2 Å². The van der Waals surface area contributed by atoms with Crippen LogP contribution < -0.4 is 10.2 Å². The summed E-state index contributed by atoms with van der Waals surface area (Å²) in [5.41, 5.74) is 1.34. The molecular formula is C22H18N2O4S. The van der Waals surface area contributed by atoms with Crippen LogP contribution in [0.25, 0.3) is 10.8 Å². The molecule has 0 radical (unpaired) electrons. The second-order valence-electron chi connectivity index (χ2n) is 6.47. The molecule has 0 aromatic heterocycles. The molecule has 0 saturated carbocycles. The average Bonchev–Trinajstić information content (AvgIpc) is 2.75. The van der Waals surface area contributed by atoms with Crippen molar-refractivity contribution in [1.29, 1.82) is 0 Å². The predicted octanol–water partition coefficient (Wildman–Crippen LogP) is 3.46. The molecule has 1 aliphatic rings. The van der Waals surface area contributed by atoms with Crippen LogP contribution in [0.3, 0.4) is 0 Å². The predicted molar refractivity (Wildman–Crippen MR) is 113 cm³/mol. The first-order valence-corrected chi connectivity index (χ1v) is 10.1. The van der Waals surface area contributed by atoms with E-state index >= 15 is 0 Å². The first-order chi connectivity index (χ1) is 14.1. The van der Waals surface area contributed by atoms with Gasteiger partial charge in [-0.2, -0.15) is 0 Å². The summed E-state index contributed by atoms with van der Waals surface area (Å²) in [6.07, 6.45) is 0. The van der Waals surface area contributed by atoms with Crippen molar-refractivity contribution in [3.8, 4) is 0 Å². The molecule has 0 bridgehead atoms. The number of rotatable bonds is 5. The highest BCUT2D eigenvalue weighted by Gasteiger charge is 2.26. The second kappa shape index (κ2) is 8.36. The highest BCUT2D eigenvalue weighted by Crippen LogP contribution is 2.34. The van der Waals surface area contributed by atoms with E-state index in [4.69, 9.17) is 4.74 Å². The number of nitrogens with one attached hydrogen (secondary N) is 1. The van der Waals surface area contributed by atoms with Crippen LogP contribution in [0.4, 0.5) is 11.4 Å². The summed E-state index contributed by atoms with van der Waals surface area (Å²) in [5.74, 6) is -0.958. The summed E-state index contributed by atoms with van der Waals surface area (Å²) >= 11 is 1.44. The summed E-state index contributed by atoms with van der Waals surface area (Å²) in [6.45, 7) is -0.640. The van der Waals surface area contributed by atoms with Crippen molar-refractivity contribution in [3.05, 3.63) is 66.7 Å². The van der Waals surface area contributed by atoms with Gasteiger partial charge >= 0.3 is 5.97 Å². The summed E-state index contributed by atoms with van der Waals surface area (Å²) in [4.78, 5) is 39.0. The minimum Gasteiger partial charge on any atom is -0.454 e. The van der Waals surface area contributed by atoms with Gasteiger partial charge in [-0.3, -0.25) is 19.3 Å². The van der Waals surface area contributed by atoms with Crippen molar-refractivity contribution in [3.63, 3.8) is 0 Å². The fourth-order valence-electron chi connectivity index (χ4n) is 3.17. The summed E-state index contributed by atoms with van der Waals surface area (Å²) in [6, 6.07) is 20.7. The Balaban J connectivity index is 1.36. The van der Waals surface area contributed by atoms with Gasteiger partial charge in [-0.1, -0.05) is 48.5 Å². The van der Waals surface area contributed by atoms with Gasteiger partial charge in [0.1, 0.15) is 6.54 Å². The quantitative estimate of drug-likeness (QED) is 0.657. The number of hydrogen-bond acceptors (Lipinski definition) is 5. The Bertz CT molecular complexity index is 1090. The zero-order valence-corrected chi connectivity index (χ0v) is 16.3. The van der Waals surface area contributed by atoms with Crippen LogP contribution in [0, 0.1) is 0 Å². The third kappa shape index (κ3) is 4.25. The third-order valence-electron chi connectivity index (χ3n) is 4.52. The molecule has 146 valence electrons. The van der Waals surface area contributed by atoms with E-state index in [0.717, 1.165) is 15.7 Å². The Labute approximate surface area is 171 Å². The van der Waals surface area contributed by atoms with Crippen LogP contribution in [0.15, 0.2) is 71.6 Å². The number of carbonyl (C=O) groups is 3. The fourth-order valence-corrected chi connectivity index (χ4v) is 4.10. The topological polar surface area (TPSA) is 75.7 Å². The normalized spacial score (nSPS) is 13.1. The van der Waals surface area contributed by atoms with Gasteiger partial charge < -0.3 is 10.1 Å². The number of carbonyl (C=O) groups excluding carboxylic acids is 3. The number of nitrogens with zero attached hydrogens (tertiary/aromatic N) is 1. The summed E-state index contributed by atoms with van der Waals surface area (Å²) < 4.78 is 5.10. The van der Waals surface area contributed by atoms with Crippen LogP contribution in [0.1, 0.15) is 0 Å². The molecule has 7 heteroatoms. The Morgan fingerprint density at radius 2 is 1.76 bits per heavy atom. The smallest absolute Gasteiger partial charge is 0.326 e. The standard InChI is InChI=1S/C22H18N2O4S/c25-20(23-17-9-5-7-15-6-1-2-8-16(15)17)13-28-22(27)12-24-18-10-3-4-11-19(18)29-14-21(24)26/h1-11H,12-14H2,(H,23,25). The largest absolute Gasteiger partial charge is 0.454 e. The lowest BCUT2D eigenvalue weighted by Crippen LogP contribution is -2.40. The zero-order chi connectivity index (χ0) is 20.2. The Morgan fingerprint density at radius 1 is 1.00 bits per heavy atom. The molecular weight excluding hydrogens is 388 g/mol. The van der Waals surface area contributed by atoms with Gasteiger partial charge in [-0.25, -0.2) is 0 Å². The molecule has 0 unspecified atom stereocenters. The highest BCUT2D eigenvalue weighted by molar-refractivity contribution is 8.00. The van der Waals surface area contributed by atoms with Crippen molar-refractivity contribution < 1.29 is 19.1 Å². The molecule has 0 spiro atoms. The van der Waals surface area contributed by atoms with Gasteiger partial charge in [-0.15, -0.1) is 11.8 Å². The van der Waals surface area contributed by atoms with Crippen LogP contribution in [-0.2, 0) is 19.1 Å². The molecule has 0 saturated heterocycles. The lowest BCUT2D eigenvalue weighted by Gasteiger charge is -2.27. The number of fused-ring (bicyclic) bond motifs is 2.